The maximum atomic E-state index is 11.8. The summed E-state index contributed by atoms with van der Waals surface area (Å²) < 4.78 is 5.14. The Labute approximate surface area is 123 Å². The third-order valence-corrected chi connectivity index (χ3v) is 3.84. The Morgan fingerprint density at radius 3 is 2.71 bits per heavy atom. The van der Waals surface area contributed by atoms with E-state index in [1.807, 2.05) is 42.5 Å². The first kappa shape index (κ1) is 15.1. The highest BCUT2D eigenvalue weighted by atomic mass is 16.5. The van der Waals surface area contributed by atoms with E-state index in [1.54, 1.807) is 6.92 Å². The van der Waals surface area contributed by atoms with Crippen LogP contribution < -0.4 is 5.32 Å². The van der Waals surface area contributed by atoms with Crippen LogP contribution in [0.1, 0.15) is 25.3 Å². The van der Waals surface area contributed by atoms with Crippen LogP contribution in [-0.4, -0.2) is 23.2 Å². The van der Waals surface area contributed by atoms with Crippen molar-refractivity contribution in [1.82, 2.24) is 5.32 Å². The lowest BCUT2D eigenvalue weighted by atomic mass is 9.75. The third-order valence-electron chi connectivity index (χ3n) is 3.84. The summed E-state index contributed by atoms with van der Waals surface area (Å²) in [5.74, 6) is -0.916. The lowest BCUT2D eigenvalue weighted by Gasteiger charge is -2.35. The predicted molar refractivity (Wildman–Crippen MR) is 77.7 cm³/mol. The molecule has 1 aliphatic carbocycles. The molecule has 0 radical (unpaired) electrons. The van der Waals surface area contributed by atoms with Gasteiger partial charge in [-0.2, -0.15) is 0 Å². The van der Waals surface area contributed by atoms with Crippen LogP contribution in [0.15, 0.2) is 42.5 Å². The van der Waals surface area contributed by atoms with Gasteiger partial charge in [-0.1, -0.05) is 42.5 Å². The molecule has 5 nitrogen and oxygen atoms in total. The van der Waals surface area contributed by atoms with E-state index >= 15 is 0 Å². The number of hydrogen-bond acceptors (Lipinski definition) is 3. The number of carboxylic acid groups (broad SMARTS) is 1. The second-order valence-corrected chi connectivity index (χ2v) is 5.39. The minimum atomic E-state index is -0.999. The number of allylic oxidation sites excluding steroid dienone is 1. The van der Waals surface area contributed by atoms with E-state index in [2.05, 4.69) is 5.32 Å². The first-order chi connectivity index (χ1) is 10.0. The van der Waals surface area contributed by atoms with Crippen molar-refractivity contribution in [2.24, 2.45) is 5.41 Å². The maximum Gasteiger partial charge on any atom is 0.407 e. The zero-order chi connectivity index (χ0) is 15.3. The average Bonchev–Trinajstić information content (AvgIpc) is 2.48. The number of amides is 1. The van der Waals surface area contributed by atoms with Gasteiger partial charge in [0.2, 0.25) is 0 Å². The Hall–Kier alpha value is -2.30. The van der Waals surface area contributed by atoms with Crippen molar-refractivity contribution in [1.29, 1.82) is 0 Å². The highest BCUT2D eigenvalue weighted by Crippen LogP contribution is 2.32. The Morgan fingerprint density at radius 2 is 2.05 bits per heavy atom. The third kappa shape index (κ3) is 3.62. The van der Waals surface area contributed by atoms with Gasteiger partial charge in [0.15, 0.2) is 0 Å². The largest absolute Gasteiger partial charge is 0.481 e. The number of carbonyl (C=O) groups is 2. The van der Waals surface area contributed by atoms with Crippen LogP contribution in [0.3, 0.4) is 0 Å². The summed E-state index contributed by atoms with van der Waals surface area (Å²) in [5, 5.41) is 12.0. The Kier molecular flexibility index (Phi) is 4.62. The summed E-state index contributed by atoms with van der Waals surface area (Å²) in [5.41, 5.74) is -0.113. The van der Waals surface area contributed by atoms with Crippen molar-refractivity contribution in [2.45, 2.75) is 32.4 Å². The molecule has 2 rings (SSSR count). The van der Waals surface area contributed by atoms with Crippen molar-refractivity contribution in [3.05, 3.63) is 48.0 Å². The fraction of sp³-hybridized carbons (Fsp3) is 0.375. The van der Waals surface area contributed by atoms with Crippen molar-refractivity contribution >= 4 is 12.1 Å². The van der Waals surface area contributed by atoms with Gasteiger partial charge in [-0.15, -0.1) is 0 Å². The van der Waals surface area contributed by atoms with Gasteiger partial charge >= 0.3 is 12.1 Å². The molecule has 1 aromatic rings. The highest BCUT2D eigenvalue weighted by molar-refractivity contribution is 5.77. The minimum absolute atomic E-state index is 0.166. The van der Waals surface area contributed by atoms with E-state index < -0.39 is 23.5 Å². The molecule has 0 aromatic heterocycles. The van der Waals surface area contributed by atoms with Crippen molar-refractivity contribution in [2.75, 3.05) is 0 Å². The van der Waals surface area contributed by atoms with Gasteiger partial charge in [-0.05, 0) is 25.3 Å². The minimum Gasteiger partial charge on any atom is -0.481 e. The van der Waals surface area contributed by atoms with E-state index in [0.717, 1.165) is 5.56 Å². The summed E-state index contributed by atoms with van der Waals surface area (Å²) >= 11 is 0. The molecule has 0 saturated carbocycles. The molecule has 0 aliphatic heterocycles. The van der Waals surface area contributed by atoms with Crippen LogP contribution >= 0.6 is 0 Å². The SMILES string of the molecule is C[C@]1(C(=O)O)CC=CC[C@H]1NC(=O)OCc1ccccc1. The van der Waals surface area contributed by atoms with E-state index in [4.69, 9.17) is 4.74 Å². The molecule has 2 atom stereocenters. The monoisotopic (exact) mass is 289 g/mol. The van der Waals surface area contributed by atoms with Crippen LogP contribution in [0.2, 0.25) is 0 Å². The Bertz CT molecular complexity index is 540. The van der Waals surface area contributed by atoms with Crippen molar-refractivity contribution in [3.63, 3.8) is 0 Å². The first-order valence-corrected chi connectivity index (χ1v) is 6.88. The second-order valence-electron chi connectivity index (χ2n) is 5.39. The summed E-state index contributed by atoms with van der Waals surface area (Å²) in [6, 6.07) is 8.86. The summed E-state index contributed by atoms with van der Waals surface area (Å²) in [6.07, 6.45) is 4.01. The van der Waals surface area contributed by atoms with E-state index in [1.165, 1.54) is 0 Å². The highest BCUT2D eigenvalue weighted by Gasteiger charge is 2.42. The van der Waals surface area contributed by atoms with Gasteiger partial charge in [0.05, 0.1) is 11.5 Å². The van der Waals surface area contributed by atoms with Crippen LogP contribution in [0.5, 0.6) is 0 Å². The topological polar surface area (TPSA) is 75.6 Å². The molecule has 2 N–H and O–H groups in total. The lowest BCUT2D eigenvalue weighted by Crippen LogP contribution is -2.51. The predicted octanol–water partition coefficient (Wildman–Crippen LogP) is 2.72. The molecule has 0 heterocycles. The molecule has 21 heavy (non-hydrogen) atoms. The van der Waals surface area contributed by atoms with Gasteiger partial charge in [0, 0.05) is 0 Å². The fourth-order valence-electron chi connectivity index (χ4n) is 2.32. The molecule has 0 bridgehead atoms. The summed E-state index contributed by atoms with van der Waals surface area (Å²) in [4.78, 5) is 23.3. The Morgan fingerprint density at radius 1 is 1.33 bits per heavy atom. The number of rotatable bonds is 4. The summed E-state index contributed by atoms with van der Waals surface area (Å²) in [7, 11) is 0. The molecule has 5 heteroatoms. The number of alkyl carbamates (subject to hydrolysis) is 1. The quantitative estimate of drug-likeness (QED) is 0.836. The molecule has 1 amide bonds. The maximum absolute atomic E-state index is 11.8. The number of nitrogens with one attached hydrogen (secondary N) is 1. The van der Waals surface area contributed by atoms with E-state index in [-0.39, 0.29) is 6.61 Å². The summed E-state index contributed by atoms with van der Waals surface area (Å²) in [6.45, 7) is 1.81. The second kappa shape index (κ2) is 6.43. The standard InChI is InChI=1S/C16H19NO4/c1-16(14(18)19)10-6-5-9-13(16)17-15(20)21-11-12-7-3-2-4-8-12/h2-8,13H,9-11H2,1H3,(H,17,20)(H,18,19)/t13-,16+/m1/s1. The Balaban J connectivity index is 1.92. The van der Waals surface area contributed by atoms with Crippen molar-refractivity contribution in [3.8, 4) is 0 Å². The first-order valence-electron chi connectivity index (χ1n) is 6.88. The van der Waals surface area contributed by atoms with Crippen molar-refractivity contribution < 1.29 is 19.4 Å². The molecule has 0 unspecified atom stereocenters. The van der Waals surface area contributed by atoms with Gasteiger partial charge < -0.3 is 15.2 Å². The zero-order valence-electron chi connectivity index (χ0n) is 11.9. The zero-order valence-corrected chi connectivity index (χ0v) is 11.9. The van der Waals surface area contributed by atoms with Gasteiger partial charge in [-0.3, -0.25) is 4.79 Å². The van der Waals surface area contributed by atoms with Crippen LogP contribution in [0.25, 0.3) is 0 Å². The number of benzene rings is 1. The number of hydrogen-bond donors (Lipinski definition) is 2. The molecule has 1 aromatic carbocycles. The normalized spacial score (nSPS) is 24.3. The molecule has 0 saturated heterocycles. The van der Waals surface area contributed by atoms with Gasteiger partial charge in [-0.25, -0.2) is 4.79 Å². The molecule has 0 fully saturated rings. The number of carboxylic acids is 1. The fourth-order valence-corrected chi connectivity index (χ4v) is 2.32. The van der Waals surface area contributed by atoms with Crippen LogP contribution in [-0.2, 0) is 16.1 Å². The van der Waals surface area contributed by atoms with E-state index in [9.17, 15) is 14.7 Å². The molecular weight excluding hydrogens is 270 g/mol. The number of ether oxygens (including phenoxy) is 1. The van der Waals surface area contributed by atoms with Gasteiger partial charge in [0.1, 0.15) is 6.61 Å². The van der Waals surface area contributed by atoms with E-state index in [0.29, 0.717) is 12.8 Å². The molecular formula is C16H19NO4. The molecule has 0 spiro atoms. The number of carbonyl (C=O) groups excluding carboxylic acids is 1. The molecule has 112 valence electrons. The van der Waals surface area contributed by atoms with Crippen LogP contribution in [0.4, 0.5) is 4.79 Å². The lowest BCUT2D eigenvalue weighted by molar-refractivity contribution is -0.149. The smallest absolute Gasteiger partial charge is 0.407 e. The van der Waals surface area contributed by atoms with Gasteiger partial charge in [0.25, 0.3) is 0 Å². The number of aliphatic carboxylic acids is 1. The average molecular weight is 289 g/mol. The molecule has 1 aliphatic rings. The van der Waals surface area contributed by atoms with Crippen LogP contribution in [0, 0.1) is 5.41 Å².